The lowest BCUT2D eigenvalue weighted by atomic mass is 10.0. The summed E-state index contributed by atoms with van der Waals surface area (Å²) in [4.78, 5) is 9.81. The fourth-order valence-electron chi connectivity index (χ4n) is 1.46. The summed E-state index contributed by atoms with van der Waals surface area (Å²) in [5, 5.41) is 0.649. The Labute approximate surface area is 76.8 Å². The van der Waals surface area contributed by atoms with Gasteiger partial charge in [-0.05, 0) is 6.92 Å². The normalized spacial score (nSPS) is 27.2. The lowest BCUT2D eigenvalue weighted by Gasteiger charge is -2.05. The minimum absolute atomic E-state index is 0.576. The van der Waals surface area contributed by atoms with Gasteiger partial charge in [0, 0.05) is 11.2 Å². The highest BCUT2D eigenvalue weighted by atomic mass is 32.2. The van der Waals surface area contributed by atoms with Gasteiger partial charge in [0.15, 0.2) is 0 Å². The molecule has 2 atom stereocenters. The van der Waals surface area contributed by atoms with Gasteiger partial charge in [-0.2, -0.15) is 0 Å². The van der Waals surface area contributed by atoms with Gasteiger partial charge in [0.25, 0.3) is 0 Å². The van der Waals surface area contributed by atoms with Crippen LogP contribution in [0.1, 0.15) is 31.2 Å². The average Bonchev–Trinajstić information content (AvgIpc) is 2.32. The summed E-state index contributed by atoms with van der Waals surface area (Å²) in [5.41, 5.74) is 2.36. The molecule has 3 heteroatoms. The number of rotatable bonds is 0. The van der Waals surface area contributed by atoms with Crippen molar-refractivity contribution in [2.75, 3.05) is 0 Å². The molecule has 0 bridgehead atoms. The molecule has 0 spiro atoms. The average molecular weight is 180 g/mol. The second-order valence-corrected chi connectivity index (χ2v) is 4.67. The van der Waals surface area contributed by atoms with Crippen molar-refractivity contribution in [1.82, 2.24) is 9.97 Å². The summed E-state index contributed by atoms with van der Waals surface area (Å²) in [5.74, 6) is 0.576. The predicted octanol–water partition coefficient (Wildman–Crippen LogP) is 2.38. The molecule has 1 aromatic heterocycles. The maximum Gasteiger partial charge on any atom is 0.116 e. The van der Waals surface area contributed by atoms with Gasteiger partial charge >= 0.3 is 0 Å². The number of aromatic nitrogens is 2. The maximum atomic E-state index is 4.32. The molecule has 2 heterocycles. The van der Waals surface area contributed by atoms with Crippen LogP contribution in [0, 0.1) is 6.92 Å². The van der Waals surface area contributed by atoms with Crippen LogP contribution in [-0.4, -0.2) is 15.2 Å². The van der Waals surface area contributed by atoms with Gasteiger partial charge in [0.05, 0.1) is 16.3 Å². The molecular weight excluding hydrogens is 168 g/mol. The smallest absolute Gasteiger partial charge is 0.116 e. The topological polar surface area (TPSA) is 25.8 Å². The number of fused-ring (bicyclic) bond motifs is 1. The van der Waals surface area contributed by atoms with E-state index in [0.29, 0.717) is 11.2 Å². The van der Waals surface area contributed by atoms with Crippen LogP contribution in [0.2, 0.25) is 0 Å². The fraction of sp³-hybridized carbons (Fsp3) is 0.556. The molecule has 2 unspecified atom stereocenters. The molecule has 0 saturated carbocycles. The van der Waals surface area contributed by atoms with Gasteiger partial charge in [-0.25, -0.2) is 9.97 Å². The molecule has 2 nitrogen and oxygen atoms in total. The molecule has 0 fully saturated rings. The number of aryl methyl sites for hydroxylation is 1. The molecule has 0 amide bonds. The van der Waals surface area contributed by atoms with Crippen LogP contribution in [0.4, 0.5) is 0 Å². The summed E-state index contributed by atoms with van der Waals surface area (Å²) < 4.78 is 0. The van der Waals surface area contributed by atoms with Crippen molar-refractivity contribution >= 4 is 11.8 Å². The van der Waals surface area contributed by atoms with Crippen molar-refractivity contribution in [2.45, 2.75) is 36.8 Å². The standard InChI is InChI=1S/C9H12N2S/c1-5-7(3)12-9-6(2)10-4-11-8(5)9/h4-5,7H,1-3H3. The second kappa shape index (κ2) is 2.73. The quantitative estimate of drug-likeness (QED) is 0.613. The van der Waals surface area contributed by atoms with E-state index in [1.165, 1.54) is 10.6 Å². The van der Waals surface area contributed by atoms with E-state index in [2.05, 4.69) is 30.7 Å². The van der Waals surface area contributed by atoms with Crippen molar-refractivity contribution in [3.05, 3.63) is 17.7 Å². The zero-order valence-corrected chi connectivity index (χ0v) is 8.35. The Balaban J connectivity index is 2.53. The monoisotopic (exact) mass is 180 g/mol. The third-order valence-electron chi connectivity index (χ3n) is 2.45. The van der Waals surface area contributed by atoms with E-state index < -0.39 is 0 Å². The summed E-state index contributed by atoms with van der Waals surface area (Å²) in [7, 11) is 0. The lowest BCUT2D eigenvalue weighted by molar-refractivity contribution is 0.723. The van der Waals surface area contributed by atoms with Crippen molar-refractivity contribution in [3.8, 4) is 0 Å². The minimum Gasteiger partial charge on any atom is -0.241 e. The minimum atomic E-state index is 0.576. The Morgan fingerprint density at radius 1 is 1.33 bits per heavy atom. The molecule has 0 aromatic carbocycles. The van der Waals surface area contributed by atoms with E-state index in [1.807, 2.05) is 11.8 Å². The van der Waals surface area contributed by atoms with Crippen LogP contribution in [0.25, 0.3) is 0 Å². The third-order valence-corrected chi connectivity index (χ3v) is 3.97. The first kappa shape index (κ1) is 8.05. The predicted molar refractivity (Wildman–Crippen MR) is 50.5 cm³/mol. The molecule has 0 N–H and O–H groups in total. The van der Waals surface area contributed by atoms with E-state index >= 15 is 0 Å². The maximum absolute atomic E-state index is 4.32. The summed E-state index contributed by atoms with van der Waals surface area (Å²) in [6.07, 6.45) is 1.67. The second-order valence-electron chi connectivity index (χ2n) is 3.29. The largest absolute Gasteiger partial charge is 0.241 e. The highest BCUT2D eigenvalue weighted by Gasteiger charge is 2.29. The zero-order valence-electron chi connectivity index (χ0n) is 7.53. The van der Waals surface area contributed by atoms with Gasteiger partial charge < -0.3 is 0 Å². The van der Waals surface area contributed by atoms with Crippen LogP contribution >= 0.6 is 11.8 Å². The molecule has 1 aliphatic rings. The van der Waals surface area contributed by atoms with Crippen molar-refractivity contribution < 1.29 is 0 Å². The number of nitrogens with zero attached hydrogens (tertiary/aromatic N) is 2. The molecule has 0 aliphatic carbocycles. The van der Waals surface area contributed by atoms with Crippen LogP contribution in [0.15, 0.2) is 11.2 Å². The Kier molecular flexibility index (Phi) is 1.83. The van der Waals surface area contributed by atoms with E-state index in [4.69, 9.17) is 0 Å². The molecular formula is C9H12N2S. The SMILES string of the molecule is Cc1ncnc2c1SC(C)C2C. The van der Waals surface area contributed by atoms with E-state index in [1.54, 1.807) is 6.33 Å². The van der Waals surface area contributed by atoms with E-state index in [9.17, 15) is 0 Å². The van der Waals surface area contributed by atoms with Gasteiger partial charge in [0.1, 0.15) is 6.33 Å². The van der Waals surface area contributed by atoms with Crippen molar-refractivity contribution in [3.63, 3.8) is 0 Å². The highest BCUT2D eigenvalue weighted by Crippen LogP contribution is 2.44. The van der Waals surface area contributed by atoms with Crippen LogP contribution in [-0.2, 0) is 0 Å². The van der Waals surface area contributed by atoms with E-state index in [-0.39, 0.29) is 0 Å². The van der Waals surface area contributed by atoms with Gasteiger partial charge in [-0.15, -0.1) is 11.8 Å². The third kappa shape index (κ3) is 1.04. The van der Waals surface area contributed by atoms with Gasteiger partial charge in [-0.1, -0.05) is 13.8 Å². The molecule has 12 heavy (non-hydrogen) atoms. The number of thioether (sulfide) groups is 1. The summed E-state index contributed by atoms with van der Waals surface area (Å²) in [6, 6.07) is 0. The van der Waals surface area contributed by atoms with Crippen LogP contribution in [0.3, 0.4) is 0 Å². The van der Waals surface area contributed by atoms with Crippen LogP contribution in [0.5, 0.6) is 0 Å². The summed E-state index contributed by atoms with van der Waals surface area (Å²) in [6.45, 7) is 6.53. The van der Waals surface area contributed by atoms with Crippen molar-refractivity contribution in [2.24, 2.45) is 0 Å². The number of hydrogen-bond acceptors (Lipinski definition) is 3. The molecule has 1 aromatic rings. The first-order chi connectivity index (χ1) is 5.70. The Morgan fingerprint density at radius 2 is 2.08 bits per heavy atom. The molecule has 0 radical (unpaired) electrons. The summed E-state index contributed by atoms with van der Waals surface area (Å²) >= 11 is 1.90. The fourth-order valence-corrected chi connectivity index (χ4v) is 2.75. The number of hydrogen-bond donors (Lipinski definition) is 0. The molecule has 0 saturated heterocycles. The molecule has 2 rings (SSSR count). The van der Waals surface area contributed by atoms with Crippen LogP contribution < -0.4 is 0 Å². The molecule has 1 aliphatic heterocycles. The zero-order chi connectivity index (χ0) is 8.72. The molecule has 64 valence electrons. The highest BCUT2D eigenvalue weighted by molar-refractivity contribution is 8.00. The Hall–Kier alpha value is -0.570. The van der Waals surface area contributed by atoms with Gasteiger partial charge in [-0.3, -0.25) is 0 Å². The Morgan fingerprint density at radius 3 is 2.75 bits per heavy atom. The first-order valence-corrected chi connectivity index (χ1v) is 5.06. The van der Waals surface area contributed by atoms with E-state index in [0.717, 1.165) is 5.69 Å². The lowest BCUT2D eigenvalue weighted by Crippen LogP contribution is -2.02. The Bertz CT molecular complexity index is 311. The first-order valence-electron chi connectivity index (χ1n) is 4.18. The van der Waals surface area contributed by atoms with Crippen molar-refractivity contribution in [1.29, 1.82) is 0 Å². The van der Waals surface area contributed by atoms with Gasteiger partial charge in [0.2, 0.25) is 0 Å².